The minimum Gasteiger partial charge on any atom is -0.491 e. The Balaban J connectivity index is 1.46. The van der Waals surface area contributed by atoms with Crippen LogP contribution >= 0.6 is 0 Å². The molecule has 0 spiro atoms. The zero-order valence-electron chi connectivity index (χ0n) is 18.9. The first kappa shape index (κ1) is 22.0. The summed E-state index contributed by atoms with van der Waals surface area (Å²) < 4.78 is 48.7. The van der Waals surface area contributed by atoms with E-state index >= 15 is 0 Å². The van der Waals surface area contributed by atoms with Crippen LogP contribution < -0.4 is 15.4 Å². The van der Waals surface area contributed by atoms with Crippen molar-refractivity contribution < 1.29 is 22.7 Å². The summed E-state index contributed by atoms with van der Waals surface area (Å²) in [6, 6.07) is 11.5. The number of hydrogen-bond donors (Lipinski definition) is 1. The Morgan fingerprint density at radius 2 is 2.00 bits per heavy atom. The van der Waals surface area contributed by atoms with Gasteiger partial charge in [0.25, 0.3) is 5.91 Å². The van der Waals surface area contributed by atoms with Gasteiger partial charge in [-0.05, 0) is 42.5 Å². The Morgan fingerprint density at radius 1 is 1.17 bits per heavy atom. The number of rotatable bonds is 3. The quantitative estimate of drug-likeness (QED) is 0.398. The predicted molar refractivity (Wildman–Crippen MR) is 127 cm³/mol. The van der Waals surface area contributed by atoms with Crippen LogP contribution in [0.5, 0.6) is 5.75 Å². The highest BCUT2D eigenvalue weighted by Gasteiger charge is 2.38. The van der Waals surface area contributed by atoms with E-state index in [0.29, 0.717) is 33.7 Å². The molecule has 1 unspecified atom stereocenters. The van der Waals surface area contributed by atoms with Gasteiger partial charge in [-0.3, -0.25) is 14.4 Å². The number of amides is 1. The summed E-state index contributed by atoms with van der Waals surface area (Å²) in [4.78, 5) is 19.9. The number of carbonyl (C=O) groups is 1. The van der Waals surface area contributed by atoms with E-state index in [2.05, 4.69) is 10.1 Å². The molecule has 0 saturated heterocycles. The molecule has 3 aromatic heterocycles. The van der Waals surface area contributed by atoms with E-state index in [-0.39, 0.29) is 18.3 Å². The lowest BCUT2D eigenvalue weighted by molar-refractivity contribution is -0.137. The predicted octanol–water partition coefficient (Wildman–Crippen LogP) is 4.60. The monoisotopic (exact) mass is 492 g/mol. The molecule has 2 N–H and O–H groups in total. The van der Waals surface area contributed by atoms with Crippen molar-refractivity contribution >= 4 is 34.0 Å². The fourth-order valence-corrected chi connectivity index (χ4v) is 4.62. The van der Waals surface area contributed by atoms with Gasteiger partial charge in [0.05, 0.1) is 40.0 Å². The summed E-state index contributed by atoms with van der Waals surface area (Å²) in [5.41, 5.74) is 8.63. The third-order valence-electron chi connectivity index (χ3n) is 6.33. The molecule has 0 aliphatic carbocycles. The Labute approximate surface area is 202 Å². The average molecular weight is 492 g/mol. The molecule has 5 aromatic rings. The summed E-state index contributed by atoms with van der Waals surface area (Å²) in [5, 5.41) is 4.19. The number of benzene rings is 2. The number of hydrogen-bond acceptors (Lipinski definition) is 5. The van der Waals surface area contributed by atoms with Crippen molar-refractivity contribution in [3.63, 3.8) is 0 Å². The molecule has 0 fully saturated rings. The van der Waals surface area contributed by atoms with Gasteiger partial charge >= 0.3 is 6.18 Å². The fourth-order valence-electron chi connectivity index (χ4n) is 4.62. The molecular weight excluding hydrogens is 473 g/mol. The highest BCUT2D eigenvalue weighted by atomic mass is 19.4. The number of nitrogen functional groups attached to an aromatic ring is 1. The molecule has 1 aliphatic heterocycles. The van der Waals surface area contributed by atoms with Crippen LogP contribution in [0.3, 0.4) is 0 Å². The summed E-state index contributed by atoms with van der Waals surface area (Å²) in [7, 11) is 1.72. The van der Waals surface area contributed by atoms with Crippen LogP contribution in [-0.2, 0) is 13.2 Å². The van der Waals surface area contributed by atoms with Gasteiger partial charge in [0.1, 0.15) is 18.2 Å². The SMILES string of the molecule is Cn1cc(N(C(=O)c2ccc3nc(N)c4cccn4c3c2)C2COc3cc(C(F)(F)F)ccc32)cn1. The fraction of sp³-hybridized carbons (Fsp3) is 0.160. The number of nitrogens with two attached hydrogens (primary N) is 1. The topological polar surface area (TPSA) is 90.7 Å². The van der Waals surface area contributed by atoms with E-state index in [1.54, 1.807) is 36.1 Å². The first-order valence-corrected chi connectivity index (χ1v) is 11.0. The van der Waals surface area contributed by atoms with Crippen molar-refractivity contribution in [1.29, 1.82) is 0 Å². The minimum atomic E-state index is -4.50. The van der Waals surface area contributed by atoms with Crippen molar-refractivity contribution in [1.82, 2.24) is 19.2 Å². The molecule has 1 amide bonds. The molecule has 182 valence electrons. The summed E-state index contributed by atoms with van der Waals surface area (Å²) >= 11 is 0. The van der Waals surface area contributed by atoms with Crippen molar-refractivity contribution in [2.24, 2.45) is 7.05 Å². The zero-order chi connectivity index (χ0) is 25.2. The number of carbonyl (C=O) groups excluding carboxylic acids is 1. The van der Waals surface area contributed by atoms with Gasteiger partial charge in [-0.25, -0.2) is 4.98 Å². The first-order valence-electron chi connectivity index (χ1n) is 11.0. The van der Waals surface area contributed by atoms with Crippen LogP contribution in [0.1, 0.15) is 27.5 Å². The van der Waals surface area contributed by atoms with Crippen LogP contribution in [0.15, 0.2) is 67.1 Å². The van der Waals surface area contributed by atoms with Crippen LogP contribution in [0.25, 0.3) is 16.6 Å². The highest BCUT2D eigenvalue weighted by molar-refractivity contribution is 6.08. The summed E-state index contributed by atoms with van der Waals surface area (Å²) in [5.74, 6) is 0.119. The van der Waals surface area contributed by atoms with Gasteiger partial charge in [0.15, 0.2) is 0 Å². The van der Waals surface area contributed by atoms with Gasteiger partial charge in [-0.1, -0.05) is 6.07 Å². The Morgan fingerprint density at radius 3 is 2.75 bits per heavy atom. The molecule has 1 atom stereocenters. The van der Waals surface area contributed by atoms with Crippen LogP contribution in [0.4, 0.5) is 24.7 Å². The smallest absolute Gasteiger partial charge is 0.416 e. The first-order chi connectivity index (χ1) is 17.2. The number of aryl methyl sites for hydroxylation is 1. The van der Waals surface area contributed by atoms with Gasteiger partial charge in [0, 0.05) is 30.6 Å². The Kier molecular flexibility index (Phi) is 4.72. The summed E-state index contributed by atoms with van der Waals surface area (Å²) in [6.45, 7) is 0.00476. The number of halogens is 3. The molecule has 0 saturated carbocycles. The van der Waals surface area contributed by atoms with Gasteiger partial charge in [-0.15, -0.1) is 0 Å². The third kappa shape index (κ3) is 3.43. The van der Waals surface area contributed by atoms with Gasteiger partial charge < -0.3 is 14.9 Å². The number of alkyl halides is 3. The van der Waals surface area contributed by atoms with Crippen molar-refractivity contribution in [2.75, 3.05) is 17.2 Å². The highest BCUT2D eigenvalue weighted by Crippen LogP contribution is 2.42. The number of nitrogens with zero attached hydrogens (tertiary/aromatic N) is 5. The number of anilines is 2. The van der Waals surface area contributed by atoms with Gasteiger partial charge in [0.2, 0.25) is 0 Å². The molecule has 4 heterocycles. The Hall–Kier alpha value is -4.54. The number of ether oxygens (including phenoxy) is 1. The van der Waals surface area contributed by atoms with Crippen molar-refractivity contribution in [2.45, 2.75) is 12.2 Å². The summed E-state index contributed by atoms with van der Waals surface area (Å²) in [6.07, 6.45) is 0.546. The lowest BCUT2D eigenvalue weighted by Gasteiger charge is -2.27. The number of aromatic nitrogens is 4. The van der Waals surface area contributed by atoms with E-state index < -0.39 is 17.8 Å². The molecular formula is C25H19F3N6O2. The van der Waals surface area contributed by atoms with E-state index in [0.717, 1.165) is 17.6 Å². The molecule has 0 bridgehead atoms. The molecule has 1 aliphatic rings. The molecule has 0 radical (unpaired) electrons. The second-order valence-electron chi connectivity index (χ2n) is 8.59. The zero-order valence-corrected chi connectivity index (χ0v) is 18.9. The van der Waals surface area contributed by atoms with Crippen LogP contribution in [0, 0.1) is 0 Å². The molecule has 11 heteroatoms. The minimum absolute atomic E-state index is 0.00476. The van der Waals surface area contributed by atoms with Crippen LogP contribution in [-0.4, -0.2) is 31.7 Å². The van der Waals surface area contributed by atoms with E-state index in [9.17, 15) is 18.0 Å². The van der Waals surface area contributed by atoms with Crippen molar-refractivity contribution in [3.05, 3.63) is 83.8 Å². The molecule has 8 nitrogen and oxygen atoms in total. The Bertz CT molecular complexity index is 1660. The maximum atomic E-state index is 14.0. The molecule has 2 aromatic carbocycles. The van der Waals surface area contributed by atoms with Crippen molar-refractivity contribution in [3.8, 4) is 5.75 Å². The van der Waals surface area contributed by atoms with Gasteiger partial charge in [-0.2, -0.15) is 18.3 Å². The second kappa shape index (κ2) is 7.74. The van der Waals surface area contributed by atoms with Crippen LogP contribution in [0.2, 0.25) is 0 Å². The largest absolute Gasteiger partial charge is 0.491 e. The average Bonchev–Trinajstić information content (AvgIpc) is 3.59. The molecule has 36 heavy (non-hydrogen) atoms. The normalized spacial score (nSPS) is 15.3. The maximum Gasteiger partial charge on any atom is 0.416 e. The third-order valence-corrected chi connectivity index (χ3v) is 6.33. The molecule has 6 rings (SSSR count). The van der Waals surface area contributed by atoms with E-state index in [1.807, 2.05) is 22.7 Å². The standard InChI is InChI=1S/C25H19F3N6O2/c1-32-12-16(11-30-32)34(21-13-36-22-10-15(25(26,27)28)5-6-17(21)22)24(35)14-4-7-18-20(9-14)33-8-2-3-19(33)23(29)31-18/h2-12,21H,13H2,1H3,(H2,29,31). The number of fused-ring (bicyclic) bond motifs is 4. The van der Waals surface area contributed by atoms with E-state index in [1.165, 1.54) is 17.2 Å². The lowest BCUT2D eigenvalue weighted by Crippen LogP contribution is -2.35. The van der Waals surface area contributed by atoms with E-state index in [4.69, 9.17) is 10.5 Å². The maximum absolute atomic E-state index is 14.0. The lowest BCUT2D eigenvalue weighted by atomic mass is 10.0. The second-order valence-corrected chi connectivity index (χ2v) is 8.59.